The minimum Gasteiger partial charge on any atom is -0.366 e. The first kappa shape index (κ1) is 11.1. The van der Waals surface area contributed by atoms with Crippen LogP contribution >= 0.6 is 22.6 Å². The predicted octanol–water partition coefficient (Wildman–Crippen LogP) is 1.64. The first-order chi connectivity index (χ1) is 7.36. The summed E-state index contributed by atoms with van der Waals surface area (Å²) < 4.78 is 1.09. The van der Waals surface area contributed by atoms with Gasteiger partial charge in [-0.25, -0.2) is 9.97 Å². The molecule has 5 heteroatoms. The van der Waals surface area contributed by atoms with Gasteiger partial charge < -0.3 is 10.6 Å². The molecule has 1 aromatic rings. The molecule has 0 saturated carbocycles. The Kier molecular flexibility index (Phi) is 4.13. The van der Waals surface area contributed by atoms with Gasteiger partial charge in [0.05, 0.1) is 3.57 Å². The summed E-state index contributed by atoms with van der Waals surface area (Å²) in [6.45, 7) is 2.23. The quantitative estimate of drug-likeness (QED) is 0.814. The molecule has 2 rings (SSSR count). The second-order valence-corrected chi connectivity index (χ2v) is 4.90. The van der Waals surface area contributed by atoms with Gasteiger partial charge in [0, 0.05) is 12.2 Å². The van der Waals surface area contributed by atoms with Crippen LogP contribution in [-0.4, -0.2) is 29.1 Å². The molecule has 0 aliphatic carbocycles. The molecule has 1 fully saturated rings. The van der Waals surface area contributed by atoms with E-state index in [0.717, 1.165) is 22.5 Å². The first-order valence-corrected chi connectivity index (χ1v) is 6.37. The second-order valence-electron chi connectivity index (χ2n) is 3.74. The van der Waals surface area contributed by atoms with Crippen molar-refractivity contribution in [3.63, 3.8) is 0 Å². The number of nitrogens with zero attached hydrogens (tertiary/aromatic N) is 2. The molecule has 1 aromatic heterocycles. The van der Waals surface area contributed by atoms with Crippen LogP contribution in [0.5, 0.6) is 0 Å². The Morgan fingerprint density at radius 3 is 3.20 bits per heavy atom. The van der Waals surface area contributed by atoms with Gasteiger partial charge in [0.15, 0.2) is 0 Å². The zero-order valence-corrected chi connectivity index (χ0v) is 10.7. The van der Waals surface area contributed by atoms with Crippen LogP contribution in [0, 0.1) is 3.57 Å². The molecule has 0 bridgehead atoms. The van der Waals surface area contributed by atoms with Crippen LogP contribution in [0.4, 0.5) is 5.82 Å². The molecule has 2 heterocycles. The lowest BCUT2D eigenvalue weighted by atomic mass is 10.1. The topological polar surface area (TPSA) is 49.8 Å². The molecule has 4 nitrogen and oxygen atoms in total. The molecule has 1 saturated heterocycles. The lowest BCUT2D eigenvalue weighted by Crippen LogP contribution is -2.22. The number of hydrogen-bond donors (Lipinski definition) is 2. The average Bonchev–Trinajstić information content (AvgIpc) is 2.50. The smallest absolute Gasteiger partial charge is 0.143 e. The van der Waals surface area contributed by atoms with Gasteiger partial charge in [-0.15, -0.1) is 0 Å². The van der Waals surface area contributed by atoms with Gasteiger partial charge in [0.1, 0.15) is 12.1 Å². The fourth-order valence-corrected chi connectivity index (χ4v) is 2.23. The number of aromatic nitrogens is 2. The third kappa shape index (κ3) is 3.27. The van der Waals surface area contributed by atoms with Gasteiger partial charge in [-0.1, -0.05) is 0 Å². The van der Waals surface area contributed by atoms with E-state index in [1.807, 2.05) is 6.20 Å². The van der Waals surface area contributed by atoms with E-state index in [-0.39, 0.29) is 0 Å². The van der Waals surface area contributed by atoms with E-state index >= 15 is 0 Å². The Labute approximate surface area is 103 Å². The fourth-order valence-electron chi connectivity index (χ4n) is 1.78. The number of halogens is 1. The molecule has 82 valence electrons. The van der Waals surface area contributed by atoms with Crippen LogP contribution in [0.2, 0.25) is 0 Å². The highest BCUT2D eigenvalue weighted by Crippen LogP contribution is 2.16. The third-order valence-corrected chi connectivity index (χ3v) is 3.37. The van der Waals surface area contributed by atoms with Crippen LogP contribution in [0.15, 0.2) is 12.5 Å². The molecule has 0 amide bonds. The maximum atomic E-state index is 4.25. The van der Waals surface area contributed by atoms with Gasteiger partial charge in [-0.2, -0.15) is 0 Å². The van der Waals surface area contributed by atoms with Crippen LogP contribution in [0.3, 0.4) is 0 Å². The number of hydrogen-bond acceptors (Lipinski definition) is 4. The first-order valence-electron chi connectivity index (χ1n) is 5.29. The third-order valence-electron chi connectivity index (χ3n) is 2.58. The summed E-state index contributed by atoms with van der Waals surface area (Å²) in [6.07, 6.45) is 7.05. The van der Waals surface area contributed by atoms with E-state index in [2.05, 4.69) is 43.2 Å². The number of rotatable bonds is 2. The van der Waals surface area contributed by atoms with E-state index in [1.54, 1.807) is 6.33 Å². The Bertz CT molecular complexity index is 310. The molecule has 1 aliphatic rings. The van der Waals surface area contributed by atoms with E-state index in [1.165, 1.54) is 19.3 Å². The van der Waals surface area contributed by atoms with Crippen molar-refractivity contribution in [3.05, 3.63) is 16.1 Å². The SMILES string of the molecule is Ic1cncnc1NC1CCCNCC1. The maximum Gasteiger partial charge on any atom is 0.143 e. The van der Waals surface area contributed by atoms with Crippen LogP contribution in [-0.2, 0) is 0 Å². The number of anilines is 1. The van der Waals surface area contributed by atoms with Crippen molar-refractivity contribution in [3.8, 4) is 0 Å². The highest BCUT2D eigenvalue weighted by molar-refractivity contribution is 14.1. The van der Waals surface area contributed by atoms with Crippen molar-refractivity contribution in [1.82, 2.24) is 15.3 Å². The van der Waals surface area contributed by atoms with Gasteiger partial charge in [-0.05, 0) is 54.9 Å². The van der Waals surface area contributed by atoms with Gasteiger partial charge in [0.25, 0.3) is 0 Å². The van der Waals surface area contributed by atoms with E-state index in [4.69, 9.17) is 0 Å². The molecular weight excluding hydrogens is 303 g/mol. The summed E-state index contributed by atoms with van der Waals surface area (Å²) in [5.74, 6) is 0.970. The van der Waals surface area contributed by atoms with E-state index in [9.17, 15) is 0 Å². The minimum atomic E-state index is 0.545. The monoisotopic (exact) mass is 318 g/mol. The summed E-state index contributed by atoms with van der Waals surface area (Å²) in [6, 6.07) is 0.545. The summed E-state index contributed by atoms with van der Waals surface area (Å²) in [4.78, 5) is 8.24. The summed E-state index contributed by atoms with van der Waals surface area (Å²) in [5, 5.41) is 6.89. The molecule has 1 atom stereocenters. The zero-order valence-electron chi connectivity index (χ0n) is 8.54. The molecule has 2 N–H and O–H groups in total. The van der Waals surface area contributed by atoms with Crippen molar-refractivity contribution in [2.24, 2.45) is 0 Å². The molecule has 0 radical (unpaired) electrons. The van der Waals surface area contributed by atoms with Gasteiger partial charge >= 0.3 is 0 Å². The Morgan fingerprint density at radius 1 is 1.40 bits per heavy atom. The summed E-state index contributed by atoms with van der Waals surface area (Å²) in [7, 11) is 0. The molecule has 1 aliphatic heterocycles. The predicted molar refractivity (Wildman–Crippen MR) is 68.9 cm³/mol. The average molecular weight is 318 g/mol. The second kappa shape index (κ2) is 5.60. The molecule has 15 heavy (non-hydrogen) atoms. The maximum absolute atomic E-state index is 4.25. The van der Waals surface area contributed by atoms with Gasteiger partial charge in [-0.3, -0.25) is 0 Å². The van der Waals surface area contributed by atoms with Crippen LogP contribution in [0.1, 0.15) is 19.3 Å². The largest absolute Gasteiger partial charge is 0.366 e. The molecule has 0 aromatic carbocycles. The van der Waals surface area contributed by atoms with Gasteiger partial charge in [0.2, 0.25) is 0 Å². The lowest BCUT2D eigenvalue weighted by Gasteiger charge is -2.16. The standard InChI is InChI=1S/C10H15IN4/c11-9-6-13-7-14-10(9)15-8-2-1-4-12-5-3-8/h6-8,12H,1-5H2,(H,13,14,15). The minimum absolute atomic E-state index is 0.545. The lowest BCUT2D eigenvalue weighted by molar-refractivity contribution is 0.634. The highest BCUT2D eigenvalue weighted by atomic mass is 127. The van der Waals surface area contributed by atoms with Crippen molar-refractivity contribution >= 4 is 28.4 Å². The van der Waals surface area contributed by atoms with Crippen molar-refractivity contribution < 1.29 is 0 Å². The summed E-state index contributed by atoms with van der Waals surface area (Å²) >= 11 is 2.26. The van der Waals surface area contributed by atoms with Crippen LogP contribution < -0.4 is 10.6 Å². The molecule has 1 unspecified atom stereocenters. The Morgan fingerprint density at radius 2 is 2.33 bits per heavy atom. The normalized spacial score (nSPS) is 22.1. The van der Waals surface area contributed by atoms with E-state index in [0.29, 0.717) is 6.04 Å². The Hall–Kier alpha value is -0.430. The highest BCUT2D eigenvalue weighted by Gasteiger charge is 2.13. The van der Waals surface area contributed by atoms with Crippen molar-refractivity contribution in [1.29, 1.82) is 0 Å². The summed E-state index contributed by atoms with van der Waals surface area (Å²) in [5.41, 5.74) is 0. The fraction of sp³-hybridized carbons (Fsp3) is 0.600. The van der Waals surface area contributed by atoms with Crippen molar-refractivity contribution in [2.75, 3.05) is 18.4 Å². The van der Waals surface area contributed by atoms with Crippen LogP contribution in [0.25, 0.3) is 0 Å². The number of nitrogens with one attached hydrogen (secondary N) is 2. The zero-order chi connectivity index (χ0) is 10.5. The van der Waals surface area contributed by atoms with E-state index < -0.39 is 0 Å². The molecular formula is C10H15IN4. The Balaban J connectivity index is 1.98. The van der Waals surface area contributed by atoms with Crippen molar-refractivity contribution in [2.45, 2.75) is 25.3 Å². The molecule has 0 spiro atoms.